The van der Waals surface area contributed by atoms with Crippen LogP contribution in [0.3, 0.4) is 0 Å². The first-order chi connectivity index (χ1) is 23.1. The van der Waals surface area contributed by atoms with Gasteiger partial charge in [0.1, 0.15) is 0 Å². The van der Waals surface area contributed by atoms with Gasteiger partial charge in [-0.2, -0.15) is 0 Å². The van der Waals surface area contributed by atoms with E-state index < -0.39 is 14.9 Å². The summed E-state index contributed by atoms with van der Waals surface area (Å²) in [5, 5.41) is 11.0. The van der Waals surface area contributed by atoms with E-state index in [9.17, 15) is 28.1 Å². The molecule has 2 saturated heterocycles. The molecule has 0 unspecified atom stereocenters. The molecule has 14 heteroatoms. The number of nitro groups is 1. The van der Waals surface area contributed by atoms with Crippen LogP contribution in [-0.4, -0.2) is 68.0 Å². The van der Waals surface area contributed by atoms with Crippen molar-refractivity contribution in [3.8, 4) is 0 Å². The van der Waals surface area contributed by atoms with Gasteiger partial charge < -0.3 is 19.3 Å². The van der Waals surface area contributed by atoms with Gasteiger partial charge in [-0.15, -0.1) is 0 Å². The third kappa shape index (κ3) is 6.29. The highest BCUT2D eigenvalue weighted by atomic mass is 79.9. The van der Waals surface area contributed by atoms with Crippen LogP contribution >= 0.6 is 15.9 Å². The SMILES string of the molecule is O=C(c1ccc(N2C[C@H]3C[C@@H](C2)c2cccc(=O)n2C3)c(NS(=O)(=O)c2ccc(Br)cc2)c1)N1CCN(c2ccc([N+](=O)[O-])cc2)CC1. The number of rotatable bonds is 7. The van der Waals surface area contributed by atoms with E-state index in [-0.39, 0.29) is 33.9 Å². The Labute approximate surface area is 285 Å². The fraction of sp³-hybridized carbons (Fsp3) is 0.294. The maximum atomic E-state index is 13.8. The van der Waals surface area contributed by atoms with E-state index in [2.05, 4.69) is 30.5 Å². The first-order valence-electron chi connectivity index (χ1n) is 15.7. The third-order valence-electron chi connectivity index (χ3n) is 9.42. The number of non-ortho nitro benzene ring substituents is 1. The highest BCUT2D eigenvalue weighted by Crippen LogP contribution is 2.40. The Hall–Kier alpha value is -4.69. The molecular weight excluding hydrogens is 700 g/mol. The molecule has 3 aliphatic rings. The topological polar surface area (TPSA) is 138 Å². The number of nitrogens with one attached hydrogen (secondary N) is 1. The fourth-order valence-corrected chi connectivity index (χ4v) is 8.40. The summed E-state index contributed by atoms with van der Waals surface area (Å²) in [4.78, 5) is 43.1. The maximum absolute atomic E-state index is 13.8. The molecule has 12 nitrogen and oxygen atoms in total. The molecule has 0 radical (unpaired) electrons. The third-order valence-corrected chi connectivity index (χ3v) is 11.3. The van der Waals surface area contributed by atoms with Gasteiger partial charge in [0.15, 0.2) is 0 Å². The quantitative estimate of drug-likeness (QED) is 0.209. The number of amides is 1. The minimum Gasteiger partial charge on any atom is -0.369 e. The Morgan fingerprint density at radius 3 is 2.31 bits per heavy atom. The van der Waals surface area contributed by atoms with E-state index >= 15 is 0 Å². The molecule has 7 rings (SSSR count). The molecule has 2 fully saturated rings. The zero-order valence-electron chi connectivity index (χ0n) is 25.9. The Morgan fingerprint density at radius 2 is 1.60 bits per heavy atom. The number of piperidine rings is 1. The molecular formula is C34H33BrN6O6S. The van der Waals surface area contributed by atoms with Gasteiger partial charge in [0, 0.05) is 91.3 Å². The average molecular weight is 734 g/mol. The number of fused-ring (bicyclic) bond motifs is 4. The molecule has 248 valence electrons. The van der Waals surface area contributed by atoms with Gasteiger partial charge in [-0.25, -0.2) is 8.42 Å². The van der Waals surface area contributed by atoms with Gasteiger partial charge in [-0.05, 0) is 73.0 Å². The number of carbonyl (C=O) groups is 1. The zero-order valence-corrected chi connectivity index (χ0v) is 28.3. The lowest BCUT2D eigenvalue weighted by Crippen LogP contribution is -2.49. The van der Waals surface area contributed by atoms with Crippen molar-refractivity contribution in [3.63, 3.8) is 0 Å². The van der Waals surface area contributed by atoms with E-state index in [0.29, 0.717) is 62.8 Å². The normalized spacial score (nSPS) is 19.1. The van der Waals surface area contributed by atoms with E-state index in [0.717, 1.165) is 22.3 Å². The number of anilines is 3. The molecule has 0 saturated carbocycles. The van der Waals surface area contributed by atoms with Crippen molar-refractivity contribution in [1.82, 2.24) is 9.47 Å². The maximum Gasteiger partial charge on any atom is 0.269 e. The average Bonchev–Trinajstić information content (AvgIpc) is 3.08. The van der Waals surface area contributed by atoms with Crippen molar-refractivity contribution < 1.29 is 18.1 Å². The van der Waals surface area contributed by atoms with Gasteiger partial charge in [-0.3, -0.25) is 24.4 Å². The minimum atomic E-state index is -3.99. The zero-order chi connectivity index (χ0) is 33.6. The number of hydrogen-bond donors (Lipinski definition) is 1. The molecule has 1 N–H and O–H groups in total. The molecule has 3 aromatic carbocycles. The summed E-state index contributed by atoms with van der Waals surface area (Å²) in [5.74, 6) is 0.106. The number of benzene rings is 3. The number of nitro benzene ring substituents is 1. The summed E-state index contributed by atoms with van der Waals surface area (Å²) in [6.45, 7) is 3.81. The van der Waals surface area contributed by atoms with Crippen LogP contribution in [0, 0.1) is 16.0 Å². The van der Waals surface area contributed by atoms with Crippen LogP contribution in [0.2, 0.25) is 0 Å². The number of hydrogen-bond acceptors (Lipinski definition) is 8. The minimum absolute atomic E-state index is 0.00459. The molecule has 2 bridgehead atoms. The van der Waals surface area contributed by atoms with Crippen molar-refractivity contribution in [3.05, 3.63) is 121 Å². The number of aromatic nitrogens is 1. The lowest BCUT2D eigenvalue weighted by atomic mass is 9.83. The van der Waals surface area contributed by atoms with Crippen molar-refractivity contribution in [2.75, 3.05) is 53.8 Å². The van der Waals surface area contributed by atoms with Crippen molar-refractivity contribution in [2.24, 2.45) is 5.92 Å². The summed E-state index contributed by atoms with van der Waals surface area (Å²) in [5.41, 5.74) is 3.21. The molecule has 3 aliphatic heterocycles. The summed E-state index contributed by atoms with van der Waals surface area (Å²) >= 11 is 3.36. The second-order valence-electron chi connectivity index (χ2n) is 12.4. The van der Waals surface area contributed by atoms with Crippen LogP contribution in [0.25, 0.3) is 0 Å². The Morgan fingerprint density at radius 1 is 0.875 bits per heavy atom. The number of halogens is 1. The second-order valence-corrected chi connectivity index (χ2v) is 15.0. The van der Waals surface area contributed by atoms with Gasteiger partial charge in [0.25, 0.3) is 27.2 Å². The number of pyridine rings is 1. The lowest BCUT2D eigenvalue weighted by molar-refractivity contribution is -0.384. The fourth-order valence-electron chi connectivity index (χ4n) is 7.07. The molecule has 0 aliphatic carbocycles. The van der Waals surface area contributed by atoms with Gasteiger partial charge >= 0.3 is 0 Å². The van der Waals surface area contributed by atoms with Crippen LogP contribution in [-0.2, 0) is 16.6 Å². The van der Waals surface area contributed by atoms with E-state index in [1.54, 1.807) is 53.4 Å². The molecule has 4 heterocycles. The summed E-state index contributed by atoms with van der Waals surface area (Å²) < 4.78 is 32.7. The largest absolute Gasteiger partial charge is 0.369 e. The molecule has 2 atom stereocenters. The Balaban J connectivity index is 1.15. The van der Waals surface area contributed by atoms with Crippen LogP contribution in [0.5, 0.6) is 0 Å². The number of carbonyl (C=O) groups excluding carboxylic acids is 1. The standard InChI is InChI=1S/C34H33BrN6O6S/c35-26-5-11-29(12-6-26)48(46,47)36-30-19-24(34(43)38-16-14-37(15-17-38)27-7-9-28(10-8-27)41(44)45)4-13-32(30)39-20-23-18-25(22-39)31-2-1-3-33(42)40(31)21-23/h1-13,19,23,25,36H,14-18,20-22H2/t23-,25+/m1/s1. The van der Waals surface area contributed by atoms with Gasteiger partial charge in [0.2, 0.25) is 0 Å². The van der Waals surface area contributed by atoms with E-state index in [1.165, 1.54) is 24.3 Å². The van der Waals surface area contributed by atoms with Crippen LogP contribution in [0.15, 0.2) is 99.1 Å². The van der Waals surface area contributed by atoms with E-state index in [4.69, 9.17) is 0 Å². The summed E-state index contributed by atoms with van der Waals surface area (Å²) in [6.07, 6.45) is 0.947. The van der Waals surface area contributed by atoms with Gasteiger partial charge in [0.05, 0.1) is 21.2 Å². The highest BCUT2D eigenvalue weighted by molar-refractivity contribution is 9.10. The number of piperazine rings is 1. The molecule has 4 aromatic rings. The van der Waals surface area contributed by atoms with Crippen molar-refractivity contribution in [2.45, 2.75) is 23.8 Å². The monoisotopic (exact) mass is 732 g/mol. The lowest BCUT2D eigenvalue weighted by Gasteiger charge is -2.44. The molecule has 1 aromatic heterocycles. The van der Waals surface area contributed by atoms with E-state index in [1.807, 2.05) is 16.7 Å². The first kappa shape index (κ1) is 31.9. The van der Waals surface area contributed by atoms with Crippen LogP contribution in [0.1, 0.15) is 28.4 Å². The smallest absolute Gasteiger partial charge is 0.269 e. The first-order valence-corrected chi connectivity index (χ1v) is 18.0. The Kier molecular flexibility index (Phi) is 8.46. The highest BCUT2D eigenvalue weighted by Gasteiger charge is 2.36. The van der Waals surface area contributed by atoms with Crippen molar-refractivity contribution in [1.29, 1.82) is 0 Å². The molecule has 1 amide bonds. The van der Waals surface area contributed by atoms with Crippen LogP contribution in [0.4, 0.5) is 22.7 Å². The molecule has 0 spiro atoms. The van der Waals surface area contributed by atoms with Crippen LogP contribution < -0.4 is 20.1 Å². The number of sulfonamides is 1. The predicted molar refractivity (Wildman–Crippen MR) is 186 cm³/mol. The Bertz CT molecular complexity index is 2050. The van der Waals surface area contributed by atoms with Gasteiger partial charge in [-0.1, -0.05) is 22.0 Å². The second kappa shape index (κ2) is 12.7. The number of nitrogens with zero attached hydrogens (tertiary/aromatic N) is 5. The van der Waals surface area contributed by atoms with Crippen molar-refractivity contribution >= 4 is 54.6 Å². The molecule has 48 heavy (non-hydrogen) atoms. The summed E-state index contributed by atoms with van der Waals surface area (Å²) in [7, 11) is -3.99. The summed E-state index contributed by atoms with van der Waals surface area (Å²) in [6, 6.07) is 23.3. The predicted octanol–water partition coefficient (Wildman–Crippen LogP) is 4.91.